The van der Waals surface area contributed by atoms with Gasteiger partial charge in [0, 0.05) is 376 Å². The summed E-state index contributed by atoms with van der Waals surface area (Å²) < 4.78 is 0. The van der Waals surface area contributed by atoms with E-state index >= 15 is 0 Å². The Kier molecular flexibility index (Phi) is 56.8. The summed E-state index contributed by atoms with van der Waals surface area (Å²) in [7, 11) is 0. The molecule has 90 nitrogen and oxygen atoms in total. The molecule has 0 spiro atoms. The van der Waals surface area contributed by atoms with Gasteiger partial charge in [-0.2, -0.15) is 11.1 Å². The zero-order valence-electron chi connectivity index (χ0n) is 40.4. The first-order valence-electron chi connectivity index (χ1n) is 17.8. The maximum atomic E-state index is 6.27. The van der Waals surface area contributed by atoms with E-state index in [4.69, 9.17) is 11.1 Å². The van der Waals surface area contributed by atoms with Gasteiger partial charge in [0.2, 0.25) is 0 Å². The minimum Gasteiger partial charge on any atom is -0.183 e. The molecule has 90 heavy (non-hydrogen) atoms. The van der Waals surface area contributed by atoms with Crippen molar-refractivity contribution >= 4 is 0 Å². The van der Waals surface area contributed by atoms with Crippen LogP contribution in [-0.4, -0.2) is 0 Å². The Labute approximate surface area is 471 Å². The van der Waals surface area contributed by atoms with E-state index in [9.17, 15) is 0 Å². The van der Waals surface area contributed by atoms with E-state index in [1.54, 1.807) is 0 Å². The lowest BCUT2D eigenvalue weighted by atomic mass is 12.3. The standard InChI is InChI=1S/H2N90/c1-3-5-7-9-11-13-15-17-19-21-23-25-27-29-31-33-35-37-39-41-43-45-47-49-51-53-55-57-59-61-63-65-67-69-71-73-75-77-79-81-83-85-87-89-90-88-86-84-82-80-78-76-74-72-70-68-66-64-62-60-58-56-54-52-50-48-46-44-42-40-38-36-34-32-30-28-26-24-22-20-18-16-14-12-10-8-6-4-2/h1-2H/b3-1?,4-2?,7-5+,8-6+,11-9+,12-10+,15-13+,16-14+,19-17+,20-18+,23-21+,24-22+,27-25+,28-26+,31-29+,32-30+,35-33+,36-34+,39-37+,40-38+,43-41+,44-42+,47-45+,48-46+,51-49+,52-50+,55-53+,56-54+,59-57+,60-58+,63-61+,64-62+,67-65+,68-66+,71-69+,72-70+,75-73+,76-74+,79-77+,80-78+,83-81+,84-82+,87-85+,88-86+,90-89+. The van der Waals surface area contributed by atoms with E-state index < -0.39 is 0 Å². The van der Waals surface area contributed by atoms with Crippen LogP contribution in [0, 0.1) is 11.1 Å². The topological polar surface area (TPSA) is 1140 Å². The second-order valence-corrected chi connectivity index (χ2v) is 7.89. The maximum Gasteiger partial charge on any atom is 0 e. The van der Waals surface area contributed by atoms with Crippen LogP contribution < -0.4 is 0 Å². The van der Waals surface area contributed by atoms with E-state index in [2.05, 4.69) is 460 Å². The highest BCUT2D eigenvalue weighted by atomic mass is 15.8. The third-order valence-electron chi connectivity index (χ3n) is 3.49. The van der Waals surface area contributed by atoms with Crippen molar-refractivity contribution in [1.29, 1.82) is 11.1 Å². The van der Waals surface area contributed by atoms with E-state index in [-0.39, 0.29) is 0 Å². The molecule has 0 atom stereocenters. The zero-order chi connectivity index (χ0) is 64.2. The Bertz CT molecular complexity index is 3050. The second kappa shape index (κ2) is 71.0. The molecule has 0 radical (unpaired) electrons. The average molecular weight is 1260 g/mol. The molecule has 0 fully saturated rings. The first-order chi connectivity index (χ1) is 44.9. The molecule has 0 aromatic heterocycles. The molecule has 0 aliphatic heterocycles. The molecule has 452 valence electrons. The van der Waals surface area contributed by atoms with Gasteiger partial charge in [-0.15, -0.1) is 0 Å². The Hall–Kier alpha value is -18.0. The van der Waals surface area contributed by atoms with Gasteiger partial charge in [0.1, 0.15) is 0 Å². The molecular weight excluding hydrogens is 1260 g/mol. The van der Waals surface area contributed by atoms with Gasteiger partial charge in [0.25, 0.3) is 0 Å². The number of hydrogen-bond acceptors (Lipinski definition) is 2. The third-order valence-corrected chi connectivity index (χ3v) is 3.49. The van der Waals surface area contributed by atoms with Crippen LogP contribution >= 0.6 is 0 Å². The molecule has 0 unspecified atom stereocenters. The lowest BCUT2D eigenvalue weighted by Crippen LogP contribution is -1.52. The third kappa shape index (κ3) is 70.0. The summed E-state index contributed by atoms with van der Waals surface area (Å²) >= 11 is 0. The van der Waals surface area contributed by atoms with Crippen LogP contribution in [0.3, 0.4) is 0 Å². The minimum atomic E-state index is 2.50. The number of nitrogens with one attached hydrogen (secondary N) is 2. The number of rotatable bonds is 44. The highest BCUT2D eigenvalue weighted by Crippen LogP contribution is 1.97. The van der Waals surface area contributed by atoms with E-state index in [1.165, 1.54) is 0 Å². The second-order valence-electron chi connectivity index (χ2n) is 7.89. The number of nitrogens with zero attached hydrogens (tertiary/aromatic N) is 88. The zero-order valence-corrected chi connectivity index (χ0v) is 40.4. The predicted molar refractivity (Wildman–Crippen MR) is 219 cm³/mol. The van der Waals surface area contributed by atoms with Gasteiger partial charge in [-0.25, -0.2) is 0 Å². The summed E-state index contributed by atoms with van der Waals surface area (Å²) in [6, 6.07) is 0. The van der Waals surface area contributed by atoms with Crippen molar-refractivity contribution in [3.63, 3.8) is 0 Å². The molecule has 0 amide bonds. The maximum absolute atomic E-state index is 6.27. The lowest BCUT2D eigenvalue weighted by Gasteiger charge is -1.71. The first kappa shape index (κ1) is 72.0. The van der Waals surface area contributed by atoms with Gasteiger partial charge >= 0.3 is 0 Å². The van der Waals surface area contributed by atoms with Crippen molar-refractivity contribution in [2.24, 2.45) is 460 Å². The average Bonchev–Trinajstić information content (AvgIpc) is 3.55. The van der Waals surface area contributed by atoms with Crippen LogP contribution in [0.25, 0.3) is 0 Å². The number of hydrogen-bond donors (Lipinski definition) is 2. The molecule has 0 aliphatic rings. The SMILES string of the molecule is N=N/N=N/N=N/N=N/N=N/N=N/N=N/N=N/N=N/N=N/N=N/N=N/N=N/N=N/N=N/N=N/N=N/N=N/N=N/N=N/N=N/N=N/N=N/N=N/N=N/N=N/N=N/N=N/N=N/N=N/N=N/N=N/N=N/N=N/N=N/N=N/N=N/N=N/N=N/N=N/N=N/N=N/N=N/N=N/N=N. The molecule has 2 N–H and O–H groups in total. The van der Waals surface area contributed by atoms with Gasteiger partial charge in [0.15, 0.2) is 0 Å². The van der Waals surface area contributed by atoms with Gasteiger partial charge in [-0.05, 0) is 83.6 Å². The van der Waals surface area contributed by atoms with Crippen molar-refractivity contribution < 1.29 is 0 Å². The van der Waals surface area contributed by atoms with Gasteiger partial charge in [-0.3, -0.25) is 0 Å². The molecule has 0 aliphatic carbocycles. The highest BCUT2D eigenvalue weighted by Gasteiger charge is 1.79. The Morgan fingerprint density at radius 2 is 0.0889 bits per heavy atom. The summed E-state index contributed by atoms with van der Waals surface area (Å²) in [5.41, 5.74) is 12.5. The van der Waals surface area contributed by atoms with Crippen LogP contribution in [0.15, 0.2) is 460 Å². The van der Waals surface area contributed by atoms with Crippen molar-refractivity contribution in [2.75, 3.05) is 0 Å². The van der Waals surface area contributed by atoms with Crippen LogP contribution in [0.5, 0.6) is 0 Å². The summed E-state index contributed by atoms with van der Waals surface area (Å²) in [6.07, 6.45) is 0. The molecule has 90 heteroatoms. The molecule has 0 rings (SSSR count). The Morgan fingerprint density at radius 1 is 0.0556 bits per heavy atom. The van der Waals surface area contributed by atoms with Crippen molar-refractivity contribution in [3.8, 4) is 0 Å². The van der Waals surface area contributed by atoms with E-state index in [0.717, 1.165) is 0 Å². The fraction of sp³-hybridized carbons (Fsp3) is 0. The summed E-state index contributed by atoms with van der Waals surface area (Å²) in [5, 5.41) is 261. The van der Waals surface area contributed by atoms with E-state index in [1.807, 2.05) is 0 Å². The molecule has 0 saturated carbocycles. The van der Waals surface area contributed by atoms with Crippen LogP contribution in [0.2, 0.25) is 0 Å². The highest BCUT2D eigenvalue weighted by molar-refractivity contribution is 4.22. The molecule has 0 bridgehead atoms. The van der Waals surface area contributed by atoms with Gasteiger partial charge in [0.05, 0.1) is 0 Å². The summed E-state index contributed by atoms with van der Waals surface area (Å²) in [5.74, 6) is 0. The normalized spacial score (nSPS) is 15.5. The molecule has 0 saturated heterocycles. The summed E-state index contributed by atoms with van der Waals surface area (Å²) in [6.45, 7) is 0. The first-order valence-corrected chi connectivity index (χ1v) is 17.8. The predicted octanol–water partition coefficient (Wildman–Crippen LogP) is 16.8. The lowest BCUT2D eigenvalue weighted by molar-refractivity contribution is 0.723. The van der Waals surface area contributed by atoms with Gasteiger partial charge in [-0.1, -0.05) is 0 Å². The molecule has 0 aromatic carbocycles. The van der Waals surface area contributed by atoms with Crippen molar-refractivity contribution in [2.45, 2.75) is 0 Å². The Morgan fingerprint density at radius 3 is 0.122 bits per heavy atom. The largest absolute Gasteiger partial charge is 0.183 e. The van der Waals surface area contributed by atoms with Crippen molar-refractivity contribution in [3.05, 3.63) is 0 Å². The van der Waals surface area contributed by atoms with Crippen molar-refractivity contribution in [1.82, 2.24) is 0 Å². The molecular formula is H2N90. The van der Waals surface area contributed by atoms with Crippen LogP contribution in [0.4, 0.5) is 0 Å². The monoisotopic (exact) mass is 1260 g/mol. The van der Waals surface area contributed by atoms with Gasteiger partial charge < -0.3 is 0 Å². The quantitative estimate of drug-likeness (QED) is 0.0424. The molecule has 0 aromatic rings. The van der Waals surface area contributed by atoms with Crippen LogP contribution in [-0.2, 0) is 0 Å². The smallest absolute Gasteiger partial charge is 0 e. The minimum absolute atomic E-state index is 2.50. The Balaban J connectivity index is 4.11. The van der Waals surface area contributed by atoms with Crippen LogP contribution in [0.1, 0.15) is 0 Å². The van der Waals surface area contributed by atoms with E-state index in [0.29, 0.717) is 0 Å². The summed E-state index contributed by atoms with van der Waals surface area (Å²) in [4.78, 5) is 0. The fourth-order valence-electron chi connectivity index (χ4n) is 1.54. The molecule has 0 heterocycles. The fourth-order valence-corrected chi connectivity index (χ4v) is 1.54.